The van der Waals surface area contributed by atoms with Crippen LogP contribution in [0.1, 0.15) is 61.0 Å². The fourth-order valence-corrected chi connectivity index (χ4v) is 4.20. The summed E-state index contributed by atoms with van der Waals surface area (Å²) in [4.78, 5) is 28.0. The van der Waals surface area contributed by atoms with Crippen molar-refractivity contribution in [3.8, 4) is 0 Å². The fourth-order valence-electron chi connectivity index (χ4n) is 4.20. The smallest absolute Gasteiger partial charge is 0.274 e. The zero-order chi connectivity index (χ0) is 22.2. The number of hydrogen-bond donors (Lipinski definition) is 2. The molecule has 7 nitrogen and oxygen atoms in total. The van der Waals surface area contributed by atoms with Gasteiger partial charge in [-0.15, -0.1) is 0 Å². The van der Waals surface area contributed by atoms with E-state index in [4.69, 9.17) is 0 Å². The lowest BCUT2D eigenvalue weighted by atomic mass is 9.94. The second-order valence-corrected chi connectivity index (χ2v) is 8.64. The van der Waals surface area contributed by atoms with E-state index in [0.29, 0.717) is 18.3 Å². The highest BCUT2D eigenvalue weighted by Crippen LogP contribution is 2.34. The summed E-state index contributed by atoms with van der Waals surface area (Å²) < 4.78 is 0. The number of nitrogens with one attached hydrogen (secondary N) is 2. The summed E-state index contributed by atoms with van der Waals surface area (Å²) in [6.45, 7) is 5.22. The van der Waals surface area contributed by atoms with E-state index >= 15 is 0 Å². The van der Waals surface area contributed by atoms with Crippen LogP contribution in [0.4, 0.5) is 11.5 Å². The Hall–Kier alpha value is -3.22. The molecule has 0 aliphatic heterocycles. The lowest BCUT2D eigenvalue weighted by molar-refractivity contribution is 0.102. The monoisotopic (exact) mass is 432 g/mol. The first-order valence-electron chi connectivity index (χ1n) is 11.6. The molecular formula is C25H32N6O. The number of carbonyl (C=O) groups is 1. The van der Waals surface area contributed by atoms with Gasteiger partial charge in [-0.2, -0.15) is 0 Å². The summed E-state index contributed by atoms with van der Waals surface area (Å²) >= 11 is 0. The van der Waals surface area contributed by atoms with E-state index in [1.54, 1.807) is 6.34 Å². The van der Waals surface area contributed by atoms with Crippen molar-refractivity contribution in [3.05, 3.63) is 60.7 Å². The van der Waals surface area contributed by atoms with Crippen LogP contribution in [0.5, 0.6) is 0 Å². The molecule has 0 spiro atoms. The Bertz CT molecular complexity index is 932. The Labute approximate surface area is 190 Å². The molecule has 2 saturated carbocycles. The van der Waals surface area contributed by atoms with E-state index in [-0.39, 0.29) is 5.91 Å². The van der Waals surface area contributed by atoms with Gasteiger partial charge in [0, 0.05) is 37.1 Å². The lowest BCUT2D eigenvalue weighted by Gasteiger charge is -2.35. The molecular weight excluding hydrogens is 400 g/mol. The topological polar surface area (TPSA) is 82.5 Å². The summed E-state index contributed by atoms with van der Waals surface area (Å²) in [5.41, 5.74) is 2.23. The van der Waals surface area contributed by atoms with Gasteiger partial charge in [-0.05, 0) is 49.3 Å². The van der Waals surface area contributed by atoms with Crippen LogP contribution in [-0.4, -0.2) is 34.8 Å². The fraction of sp³-hybridized carbons (Fsp3) is 0.440. The predicted molar refractivity (Wildman–Crippen MR) is 129 cm³/mol. The van der Waals surface area contributed by atoms with E-state index < -0.39 is 0 Å². The molecule has 32 heavy (non-hydrogen) atoms. The van der Waals surface area contributed by atoms with Crippen molar-refractivity contribution < 1.29 is 4.79 Å². The average molecular weight is 433 g/mol. The van der Waals surface area contributed by atoms with Gasteiger partial charge in [0.2, 0.25) is 0 Å². The second kappa shape index (κ2) is 10.9. The maximum atomic E-state index is 12.9. The molecule has 1 amide bonds. The van der Waals surface area contributed by atoms with Crippen LogP contribution in [-0.2, 0) is 6.54 Å². The molecule has 0 radical (unpaired) electrons. The molecule has 1 aromatic carbocycles. The first-order valence-corrected chi connectivity index (χ1v) is 11.6. The van der Waals surface area contributed by atoms with Crippen molar-refractivity contribution in [2.75, 3.05) is 16.8 Å². The molecule has 2 fully saturated rings. The van der Waals surface area contributed by atoms with E-state index in [9.17, 15) is 4.79 Å². The van der Waals surface area contributed by atoms with Crippen molar-refractivity contribution in [3.63, 3.8) is 0 Å². The molecule has 1 heterocycles. The highest BCUT2D eigenvalue weighted by molar-refractivity contribution is 6.03. The molecule has 1 aromatic heterocycles. The second-order valence-electron chi connectivity index (χ2n) is 8.64. The van der Waals surface area contributed by atoms with Crippen LogP contribution in [0.25, 0.3) is 0 Å². The van der Waals surface area contributed by atoms with Crippen LogP contribution in [0.3, 0.4) is 0 Å². The number of aliphatic imine (C=N–C) groups is 1. The van der Waals surface area contributed by atoms with Crippen molar-refractivity contribution in [2.24, 2.45) is 10.9 Å². The Morgan fingerprint density at radius 2 is 1.91 bits per heavy atom. The number of anilines is 2. The third kappa shape index (κ3) is 6.15. The third-order valence-corrected chi connectivity index (χ3v) is 6.14. The number of amides is 1. The van der Waals surface area contributed by atoms with Gasteiger partial charge in [0.25, 0.3) is 5.91 Å². The van der Waals surface area contributed by atoms with Gasteiger partial charge in [0.1, 0.15) is 17.8 Å². The van der Waals surface area contributed by atoms with Gasteiger partial charge in [-0.1, -0.05) is 38.0 Å². The number of benzene rings is 1. The van der Waals surface area contributed by atoms with Crippen LogP contribution < -0.4 is 15.5 Å². The summed E-state index contributed by atoms with van der Waals surface area (Å²) in [5, 5.41) is 6.03. The summed E-state index contributed by atoms with van der Waals surface area (Å²) in [5.74, 6) is 1.43. The highest BCUT2D eigenvalue weighted by atomic mass is 16.1. The minimum absolute atomic E-state index is 0.215. The number of hydrogen-bond acceptors (Lipinski definition) is 5. The molecule has 0 unspecified atom stereocenters. The molecule has 0 atom stereocenters. The maximum absolute atomic E-state index is 12.9. The Kier molecular flexibility index (Phi) is 7.48. The molecule has 7 heteroatoms. The zero-order valence-corrected chi connectivity index (χ0v) is 18.5. The van der Waals surface area contributed by atoms with Gasteiger partial charge in [-0.25, -0.2) is 15.0 Å². The van der Waals surface area contributed by atoms with Crippen molar-refractivity contribution in [2.45, 2.75) is 57.5 Å². The first-order chi connectivity index (χ1) is 15.7. The van der Waals surface area contributed by atoms with Crippen molar-refractivity contribution >= 4 is 23.8 Å². The summed E-state index contributed by atoms with van der Waals surface area (Å²) in [6, 6.07) is 10.1. The summed E-state index contributed by atoms with van der Waals surface area (Å²) in [6.07, 6.45) is 13.5. The molecule has 2 N–H and O–H groups in total. The van der Waals surface area contributed by atoms with E-state index in [1.807, 2.05) is 30.3 Å². The Balaban J connectivity index is 1.41. The maximum Gasteiger partial charge on any atom is 0.274 e. The van der Waals surface area contributed by atoms with Gasteiger partial charge in [0.05, 0.1) is 6.34 Å². The first kappa shape index (κ1) is 22.0. The minimum Gasteiger partial charge on any atom is -0.372 e. The van der Waals surface area contributed by atoms with Crippen LogP contribution >= 0.6 is 0 Å². The Morgan fingerprint density at radius 3 is 2.62 bits per heavy atom. The Morgan fingerprint density at radius 1 is 1.12 bits per heavy atom. The number of aromatic nitrogens is 2. The van der Waals surface area contributed by atoms with Gasteiger partial charge in [-0.3, -0.25) is 4.79 Å². The number of nitrogens with zero attached hydrogens (tertiary/aromatic N) is 4. The molecule has 168 valence electrons. The van der Waals surface area contributed by atoms with Crippen LogP contribution in [0.2, 0.25) is 0 Å². The highest BCUT2D eigenvalue weighted by Gasteiger charge is 2.30. The zero-order valence-electron chi connectivity index (χ0n) is 18.5. The third-order valence-electron chi connectivity index (χ3n) is 6.14. The predicted octanol–water partition coefficient (Wildman–Crippen LogP) is 4.54. The normalized spacial score (nSPS) is 16.6. The molecule has 0 bridgehead atoms. The largest absolute Gasteiger partial charge is 0.372 e. The van der Waals surface area contributed by atoms with Crippen LogP contribution in [0, 0.1) is 5.92 Å². The minimum atomic E-state index is -0.215. The average Bonchev–Trinajstić information content (AvgIpc) is 3.66. The number of carbonyl (C=O) groups excluding carboxylic acids is 1. The van der Waals surface area contributed by atoms with Crippen molar-refractivity contribution in [1.29, 1.82) is 0 Å². The lowest BCUT2D eigenvalue weighted by Crippen LogP contribution is -2.39. The standard InChI is InChI=1S/C25H32N6O/c1-2-26-17-27-15-19-10-12-21(13-11-19)30-25(32)23-14-24(29-18-28-23)31(16-20-8-9-20)22-6-4-3-5-7-22/h2,10-14,17-18,20,22H,1,3-9,15-16H2,(H,26,27)(H,30,32). The van der Waals surface area contributed by atoms with Gasteiger partial charge >= 0.3 is 0 Å². The van der Waals surface area contributed by atoms with E-state index in [0.717, 1.165) is 29.5 Å². The quantitative estimate of drug-likeness (QED) is 0.425. The van der Waals surface area contributed by atoms with Crippen LogP contribution in [0.15, 0.2) is 54.4 Å². The number of rotatable bonds is 10. The summed E-state index contributed by atoms with van der Waals surface area (Å²) in [7, 11) is 0. The SMILES string of the molecule is C=C/N=C\NCc1ccc(NC(=O)c2cc(N(CC3CC3)C3CCCCC3)ncn2)cc1. The van der Waals surface area contributed by atoms with Gasteiger partial charge < -0.3 is 15.5 Å². The molecule has 2 aliphatic rings. The molecule has 2 aliphatic carbocycles. The van der Waals surface area contributed by atoms with Gasteiger partial charge in [0.15, 0.2) is 0 Å². The molecule has 0 saturated heterocycles. The van der Waals surface area contributed by atoms with E-state index in [2.05, 4.69) is 37.1 Å². The van der Waals surface area contributed by atoms with E-state index in [1.165, 1.54) is 57.5 Å². The molecule has 4 rings (SSSR count). The van der Waals surface area contributed by atoms with Crippen molar-refractivity contribution in [1.82, 2.24) is 15.3 Å². The molecule has 2 aromatic rings.